The van der Waals surface area contributed by atoms with E-state index >= 15 is 0 Å². The van der Waals surface area contributed by atoms with Crippen LogP contribution < -0.4 is 0 Å². The average molecular weight is 268 g/mol. The molecule has 1 aromatic carbocycles. The van der Waals surface area contributed by atoms with Gasteiger partial charge in [0.1, 0.15) is 0 Å². The normalized spacial score (nSPS) is 15.0. The smallest absolute Gasteiger partial charge is 0.432 e. The number of hydrogen-bond donors (Lipinski definition) is 2. The summed E-state index contributed by atoms with van der Waals surface area (Å²) in [7, 11) is 0.649. The lowest BCUT2D eigenvalue weighted by atomic mass is 9.93. The number of alkyl halides is 3. The van der Waals surface area contributed by atoms with Gasteiger partial charge < -0.3 is 14.9 Å². The lowest BCUT2D eigenvalue weighted by Gasteiger charge is -2.27. The van der Waals surface area contributed by atoms with Crippen LogP contribution in [0.25, 0.3) is 0 Å². The van der Waals surface area contributed by atoms with E-state index < -0.39 is 34.9 Å². The molecule has 0 saturated heterocycles. The SMILES string of the molecule is COC(=O)[C@@](O)(c1ccc(O)c(F)c1)C(F)(F)F. The van der Waals surface area contributed by atoms with Crippen LogP contribution in [-0.4, -0.2) is 29.5 Å². The van der Waals surface area contributed by atoms with Gasteiger partial charge in [-0.25, -0.2) is 9.18 Å². The zero-order valence-corrected chi connectivity index (χ0v) is 8.95. The molecule has 0 aliphatic rings. The predicted molar refractivity (Wildman–Crippen MR) is 50.0 cm³/mol. The van der Waals surface area contributed by atoms with Crippen LogP contribution in [0.3, 0.4) is 0 Å². The Kier molecular flexibility index (Phi) is 3.52. The number of aliphatic hydroxyl groups is 1. The molecule has 0 fully saturated rings. The molecule has 1 aromatic rings. The van der Waals surface area contributed by atoms with Crippen molar-refractivity contribution in [2.45, 2.75) is 11.8 Å². The van der Waals surface area contributed by atoms with Crippen LogP contribution in [0.15, 0.2) is 18.2 Å². The van der Waals surface area contributed by atoms with Gasteiger partial charge in [0.2, 0.25) is 0 Å². The van der Waals surface area contributed by atoms with E-state index in [0.29, 0.717) is 19.2 Å². The monoisotopic (exact) mass is 268 g/mol. The first-order valence-electron chi connectivity index (χ1n) is 4.51. The summed E-state index contributed by atoms with van der Waals surface area (Å²) in [5.74, 6) is -4.31. The number of rotatable bonds is 2. The van der Waals surface area contributed by atoms with Crippen molar-refractivity contribution in [1.82, 2.24) is 0 Å². The van der Waals surface area contributed by atoms with Gasteiger partial charge in [0.05, 0.1) is 7.11 Å². The fourth-order valence-corrected chi connectivity index (χ4v) is 1.28. The molecule has 0 heterocycles. The number of carbonyl (C=O) groups excluding carboxylic acids is 1. The Hall–Kier alpha value is -1.83. The van der Waals surface area contributed by atoms with Crippen molar-refractivity contribution in [1.29, 1.82) is 0 Å². The quantitative estimate of drug-likeness (QED) is 0.629. The number of methoxy groups -OCH3 is 1. The first kappa shape index (κ1) is 14.2. The minimum Gasteiger partial charge on any atom is -0.505 e. The first-order chi connectivity index (χ1) is 8.14. The van der Waals surface area contributed by atoms with Crippen molar-refractivity contribution >= 4 is 5.97 Å². The minimum atomic E-state index is -5.40. The van der Waals surface area contributed by atoms with Gasteiger partial charge in [-0.2, -0.15) is 13.2 Å². The third-order valence-corrected chi connectivity index (χ3v) is 2.26. The molecule has 0 saturated carbocycles. The number of hydrogen-bond acceptors (Lipinski definition) is 4. The second-order valence-corrected chi connectivity index (χ2v) is 3.37. The number of esters is 1. The zero-order chi connectivity index (χ0) is 14.1. The van der Waals surface area contributed by atoms with E-state index in [1.165, 1.54) is 0 Å². The standard InChI is InChI=1S/C10H8F4O4/c1-18-8(16)9(17,10(12,13)14)5-2-3-7(15)6(11)4-5/h2-4,15,17H,1H3/t9-/m0/s1. The lowest BCUT2D eigenvalue weighted by Crippen LogP contribution is -2.49. The van der Waals surface area contributed by atoms with E-state index in [-0.39, 0.29) is 6.07 Å². The van der Waals surface area contributed by atoms with E-state index in [4.69, 9.17) is 5.11 Å². The number of benzene rings is 1. The molecule has 0 aliphatic heterocycles. The fraction of sp³-hybridized carbons (Fsp3) is 0.300. The first-order valence-corrected chi connectivity index (χ1v) is 4.51. The van der Waals surface area contributed by atoms with Crippen molar-refractivity contribution in [2.24, 2.45) is 0 Å². The van der Waals surface area contributed by atoms with Crippen LogP contribution in [0.2, 0.25) is 0 Å². The molecule has 0 bridgehead atoms. The van der Waals surface area contributed by atoms with E-state index in [1.807, 2.05) is 0 Å². The van der Waals surface area contributed by atoms with Gasteiger partial charge in [0.15, 0.2) is 11.6 Å². The topological polar surface area (TPSA) is 66.8 Å². The number of halogens is 4. The summed E-state index contributed by atoms with van der Waals surface area (Å²) in [6.45, 7) is 0. The number of phenolic OH excluding ortho intramolecular Hbond substituents is 1. The highest BCUT2D eigenvalue weighted by atomic mass is 19.4. The second kappa shape index (κ2) is 4.45. The van der Waals surface area contributed by atoms with E-state index in [0.717, 1.165) is 0 Å². The molecule has 8 heteroatoms. The summed E-state index contributed by atoms with van der Waals surface area (Å²) in [6, 6.07) is 1.37. The van der Waals surface area contributed by atoms with E-state index in [2.05, 4.69) is 4.74 Å². The molecule has 1 rings (SSSR count). The summed E-state index contributed by atoms with van der Waals surface area (Å²) in [6.07, 6.45) is -5.40. The molecule has 0 spiro atoms. The van der Waals surface area contributed by atoms with Crippen LogP contribution in [0.1, 0.15) is 5.56 Å². The van der Waals surface area contributed by atoms with Crippen molar-refractivity contribution in [2.75, 3.05) is 7.11 Å². The number of ether oxygens (including phenoxy) is 1. The van der Waals surface area contributed by atoms with Crippen LogP contribution in [0.4, 0.5) is 17.6 Å². The molecule has 100 valence electrons. The molecule has 18 heavy (non-hydrogen) atoms. The van der Waals surface area contributed by atoms with Crippen LogP contribution in [-0.2, 0) is 15.1 Å². The summed E-state index contributed by atoms with van der Waals surface area (Å²) in [5, 5.41) is 18.3. The third-order valence-electron chi connectivity index (χ3n) is 2.26. The Bertz CT molecular complexity index is 471. The van der Waals surface area contributed by atoms with E-state index in [9.17, 15) is 27.5 Å². The van der Waals surface area contributed by atoms with Gasteiger partial charge >= 0.3 is 12.1 Å². The Balaban J connectivity index is 3.45. The van der Waals surface area contributed by atoms with Gasteiger partial charge in [-0.1, -0.05) is 6.07 Å². The Morgan fingerprint density at radius 1 is 1.33 bits per heavy atom. The lowest BCUT2D eigenvalue weighted by molar-refractivity contribution is -0.266. The Labute approximate surface area is 98.4 Å². The highest BCUT2D eigenvalue weighted by Crippen LogP contribution is 2.40. The largest absolute Gasteiger partial charge is 0.505 e. The van der Waals surface area contributed by atoms with Gasteiger partial charge in [0, 0.05) is 5.56 Å². The maximum absolute atomic E-state index is 13.0. The molecule has 1 atom stereocenters. The van der Waals surface area contributed by atoms with Gasteiger partial charge in [0.25, 0.3) is 5.60 Å². The summed E-state index contributed by atoms with van der Waals surface area (Å²) < 4.78 is 55.0. The fourth-order valence-electron chi connectivity index (χ4n) is 1.28. The summed E-state index contributed by atoms with van der Waals surface area (Å²) in [5.41, 5.74) is -5.08. The average Bonchev–Trinajstić information content (AvgIpc) is 2.29. The molecular weight excluding hydrogens is 260 g/mol. The van der Waals surface area contributed by atoms with Crippen molar-refractivity contribution < 1.29 is 37.3 Å². The van der Waals surface area contributed by atoms with E-state index in [1.54, 1.807) is 0 Å². The highest BCUT2D eigenvalue weighted by Gasteiger charge is 2.62. The predicted octanol–water partition coefficient (Wildman–Crippen LogP) is 1.45. The summed E-state index contributed by atoms with van der Waals surface area (Å²) >= 11 is 0. The number of carbonyl (C=O) groups is 1. The molecule has 0 aliphatic carbocycles. The molecular formula is C10H8F4O4. The number of aromatic hydroxyl groups is 1. The Morgan fingerprint density at radius 2 is 1.89 bits per heavy atom. The molecule has 0 radical (unpaired) electrons. The minimum absolute atomic E-state index is 0.208. The van der Waals surface area contributed by atoms with Crippen LogP contribution >= 0.6 is 0 Å². The third kappa shape index (κ3) is 2.10. The van der Waals surface area contributed by atoms with Crippen LogP contribution in [0.5, 0.6) is 5.75 Å². The van der Waals surface area contributed by atoms with Gasteiger partial charge in [-0.05, 0) is 12.1 Å². The van der Waals surface area contributed by atoms with Crippen molar-refractivity contribution in [3.63, 3.8) is 0 Å². The highest BCUT2D eigenvalue weighted by molar-refractivity contribution is 5.82. The Morgan fingerprint density at radius 3 is 2.28 bits per heavy atom. The number of phenols is 1. The molecule has 4 nitrogen and oxygen atoms in total. The molecule has 0 amide bonds. The zero-order valence-electron chi connectivity index (χ0n) is 8.95. The molecule has 2 N–H and O–H groups in total. The maximum Gasteiger partial charge on any atom is 0.432 e. The van der Waals surface area contributed by atoms with Crippen LogP contribution in [0, 0.1) is 5.82 Å². The van der Waals surface area contributed by atoms with Crippen molar-refractivity contribution in [3.8, 4) is 5.75 Å². The second-order valence-electron chi connectivity index (χ2n) is 3.37. The molecule has 0 aromatic heterocycles. The van der Waals surface area contributed by atoms with Crippen molar-refractivity contribution in [3.05, 3.63) is 29.6 Å². The maximum atomic E-state index is 13.0. The van der Waals surface area contributed by atoms with Gasteiger partial charge in [-0.15, -0.1) is 0 Å². The summed E-state index contributed by atoms with van der Waals surface area (Å²) in [4.78, 5) is 11.1. The molecule has 0 unspecified atom stereocenters. The van der Waals surface area contributed by atoms with Gasteiger partial charge in [-0.3, -0.25) is 0 Å².